The molecule has 23 heavy (non-hydrogen) atoms. The maximum absolute atomic E-state index is 12.5. The first-order valence-corrected chi connectivity index (χ1v) is 8.92. The average molecular weight is 334 g/mol. The molecule has 1 aromatic rings. The van der Waals surface area contributed by atoms with Crippen molar-refractivity contribution in [1.29, 1.82) is 0 Å². The van der Waals surface area contributed by atoms with Gasteiger partial charge in [-0.05, 0) is 37.5 Å². The molecule has 2 aliphatic heterocycles. The fourth-order valence-corrected chi connectivity index (χ4v) is 4.35. The Bertz CT molecular complexity index is 584. The van der Waals surface area contributed by atoms with E-state index in [1.54, 1.807) is 23.8 Å². The number of benzene rings is 1. The highest BCUT2D eigenvalue weighted by atomic mass is 32.2. The largest absolute Gasteiger partial charge is 0.497 e. The summed E-state index contributed by atoms with van der Waals surface area (Å²) in [4.78, 5) is 28.5. The molecule has 2 heterocycles. The maximum atomic E-state index is 12.5. The van der Waals surface area contributed by atoms with Crippen LogP contribution in [0.3, 0.4) is 0 Å². The van der Waals surface area contributed by atoms with Crippen LogP contribution in [-0.2, 0) is 9.59 Å². The molecule has 0 aliphatic carbocycles. The zero-order valence-electron chi connectivity index (χ0n) is 13.5. The van der Waals surface area contributed by atoms with Crippen LogP contribution >= 0.6 is 11.8 Å². The van der Waals surface area contributed by atoms with Gasteiger partial charge in [0.25, 0.3) is 0 Å². The number of amides is 2. The Morgan fingerprint density at radius 3 is 2.52 bits per heavy atom. The molecule has 2 saturated heterocycles. The summed E-state index contributed by atoms with van der Waals surface area (Å²) in [6.07, 6.45) is 2.12. The third-order valence-corrected chi connectivity index (χ3v) is 5.81. The summed E-state index contributed by atoms with van der Waals surface area (Å²) in [5.74, 6) is 0.892. The fraction of sp³-hybridized carbons (Fsp3) is 0.529. The van der Waals surface area contributed by atoms with Gasteiger partial charge in [0.1, 0.15) is 17.7 Å². The molecule has 2 atom stereocenters. The Balaban J connectivity index is 1.76. The summed E-state index contributed by atoms with van der Waals surface area (Å²) in [7, 11) is 1.63. The average Bonchev–Trinajstić information content (AvgIpc) is 3.19. The lowest BCUT2D eigenvalue weighted by Crippen LogP contribution is -2.41. The molecule has 0 bridgehead atoms. The van der Waals surface area contributed by atoms with E-state index in [1.165, 1.54) is 0 Å². The number of thioether (sulfide) groups is 1. The molecular weight excluding hydrogens is 312 g/mol. The predicted octanol–water partition coefficient (Wildman–Crippen LogP) is 2.28. The third kappa shape index (κ3) is 3.32. The number of carbonyl (C=O) groups excluding carboxylic acids is 2. The highest BCUT2D eigenvalue weighted by Crippen LogP contribution is 2.43. The Labute approximate surface area is 141 Å². The van der Waals surface area contributed by atoms with Crippen molar-refractivity contribution in [3.05, 3.63) is 29.8 Å². The summed E-state index contributed by atoms with van der Waals surface area (Å²) in [6.45, 7) is 3.71. The van der Waals surface area contributed by atoms with Crippen LogP contribution in [0.5, 0.6) is 5.75 Å². The molecule has 2 amide bonds. The summed E-state index contributed by atoms with van der Waals surface area (Å²) < 4.78 is 5.18. The summed E-state index contributed by atoms with van der Waals surface area (Å²) in [5.41, 5.74) is 1.03. The first-order valence-electron chi connectivity index (χ1n) is 7.98. The Morgan fingerprint density at radius 1 is 1.26 bits per heavy atom. The van der Waals surface area contributed by atoms with Crippen LogP contribution in [0.1, 0.15) is 30.7 Å². The van der Waals surface area contributed by atoms with E-state index in [2.05, 4.69) is 0 Å². The van der Waals surface area contributed by atoms with Crippen LogP contribution < -0.4 is 4.74 Å². The molecule has 1 aromatic carbocycles. The molecule has 2 aliphatic rings. The van der Waals surface area contributed by atoms with Gasteiger partial charge in [0.05, 0.1) is 12.4 Å². The van der Waals surface area contributed by atoms with Crippen molar-refractivity contribution in [3.63, 3.8) is 0 Å². The van der Waals surface area contributed by atoms with Crippen LogP contribution in [0, 0.1) is 0 Å². The Hall–Kier alpha value is -1.69. The highest BCUT2D eigenvalue weighted by molar-refractivity contribution is 8.01. The smallest absolute Gasteiger partial charge is 0.242 e. The van der Waals surface area contributed by atoms with Crippen LogP contribution in [0.2, 0.25) is 0 Å². The minimum absolute atomic E-state index is 0.0448. The van der Waals surface area contributed by atoms with Crippen molar-refractivity contribution in [2.75, 3.05) is 26.7 Å². The van der Waals surface area contributed by atoms with E-state index in [0.717, 1.165) is 37.2 Å². The quantitative estimate of drug-likeness (QED) is 0.848. The zero-order valence-corrected chi connectivity index (χ0v) is 14.3. The lowest BCUT2D eigenvalue weighted by Gasteiger charge is -2.26. The number of hydrogen-bond acceptors (Lipinski definition) is 4. The van der Waals surface area contributed by atoms with Gasteiger partial charge in [-0.3, -0.25) is 9.59 Å². The van der Waals surface area contributed by atoms with E-state index in [1.807, 2.05) is 36.1 Å². The topological polar surface area (TPSA) is 49.9 Å². The van der Waals surface area contributed by atoms with Crippen molar-refractivity contribution < 1.29 is 14.3 Å². The van der Waals surface area contributed by atoms with Gasteiger partial charge < -0.3 is 14.5 Å². The summed E-state index contributed by atoms with van der Waals surface area (Å²) >= 11 is 1.60. The number of rotatable bonds is 4. The molecule has 3 rings (SSSR count). The lowest BCUT2D eigenvalue weighted by atomic mass is 10.2. The first-order chi connectivity index (χ1) is 11.1. The number of ether oxygens (including phenoxy) is 1. The minimum Gasteiger partial charge on any atom is -0.497 e. The second-order valence-electron chi connectivity index (χ2n) is 5.96. The van der Waals surface area contributed by atoms with E-state index in [9.17, 15) is 9.59 Å². The SMILES string of the molecule is COc1ccc([C@H]2S[C@@H](C)C(=O)N2CC(=O)N2CCCC2)cc1. The van der Waals surface area contributed by atoms with Crippen LogP contribution in [-0.4, -0.2) is 53.6 Å². The van der Waals surface area contributed by atoms with Gasteiger partial charge in [-0.25, -0.2) is 0 Å². The molecular formula is C17H22N2O3S. The minimum atomic E-state index is -0.117. The fourth-order valence-electron chi connectivity index (χ4n) is 3.07. The van der Waals surface area contributed by atoms with Gasteiger partial charge in [-0.15, -0.1) is 11.8 Å². The van der Waals surface area contributed by atoms with Gasteiger partial charge in [0.15, 0.2) is 0 Å². The van der Waals surface area contributed by atoms with Gasteiger partial charge in [-0.2, -0.15) is 0 Å². The predicted molar refractivity (Wildman–Crippen MR) is 90.3 cm³/mol. The number of methoxy groups -OCH3 is 1. The molecule has 2 fully saturated rings. The second kappa shape index (κ2) is 6.83. The molecule has 124 valence electrons. The van der Waals surface area contributed by atoms with E-state index in [4.69, 9.17) is 4.74 Å². The van der Waals surface area contributed by atoms with Gasteiger partial charge in [0, 0.05) is 13.1 Å². The standard InChI is InChI=1S/C17H22N2O3S/c1-12-16(21)19(11-15(20)18-9-3-4-10-18)17(23-12)13-5-7-14(22-2)8-6-13/h5-8,12,17H,3-4,9-11H2,1-2H3/t12-,17+/m0/s1. The van der Waals surface area contributed by atoms with E-state index in [0.29, 0.717) is 0 Å². The van der Waals surface area contributed by atoms with Gasteiger partial charge >= 0.3 is 0 Å². The van der Waals surface area contributed by atoms with Crippen molar-refractivity contribution in [3.8, 4) is 5.75 Å². The zero-order chi connectivity index (χ0) is 16.4. The number of hydrogen-bond donors (Lipinski definition) is 0. The van der Waals surface area contributed by atoms with Crippen molar-refractivity contribution in [1.82, 2.24) is 9.80 Å². The molecule has 0 N–H and O–H groups in total. The van der Waals surface area contributed by atoms with E-state index < -0.39 is 0 Å². The molecule has 0 aromatic heterocycles. The lowest BCUT2D eigenvalue weighted by molar-refractivity contribution is -0.139. The van der Waals surface area contributed by atoms with Crippen LogP contribution in [0.15, 0.2) is 24.3 Å². The van der Waals surface area contributed by atoms with Gasteiger partial charge in [-0.1, -0.05) is 12.1 Å². The Kier molecular flexibility index (Phi) is 4.80. The summed E-state index contributed by atoms with van der Waals surface area (Å²) in [6, 6.07) is 7.72. The van der Waals surface area contributed by atoms with Crippen molar-refractivity contribution in [2.45, 2.75) is 30.4 Å². The van der Waals surface area contributed by atoms with E-state index >= 15 is 0 Å². The van der Waals surface area contributed by atoms with Crippen molar-refractivity contribution in [2.24, 2.45) is 0 Å². The first kappa shape index (κ1) is 16.2. The second-order valence-corrected chi connectivity index (χ2v) is 7.38. The van der Waals surface area contributed by atoms with E-state index in [-0.39, 0.29) is 29.0 Å². The van der Waals surface area contributed by atoms with Crippen LogP contribution in [0.4, 0.5) is 0 Å². The third-order valence-electron chi connectivity index (χ3n) is 4.41. The van der Waals surface area contributed by atoms with Crippen LogP contribution in [0.25, 0.3) is 0 Å². The number of carbonyl (C=O) groups is 2. The molecule has 0 saturated carbocycles. The number of likely N-dealkylation sites (tertiary alicyclic amines) is 1. The molecule has 0 radical (unpaired) electrons. The monoisotopic (exact) mass is 334 g/mol. The molecule has 0 spiro atoms. The normalized spacial score (nSPS) is 24.3. The summed E-state index contributed by atoms with van der Waals surface area (Å²) in [5, 5.41) is -0.219. The highest BCUT2D eigenvalue weighted by Gasteiger charge is 2.40. The number of nitrogens with zero attached hydrogens (tertiary/aromatic N) is 2. The Morgan fingerprint density at radius 2 is 1.91 bits per heavy atom. The molecule has 5 nitrogen and oxygen atoms in total. The van der Waals surface area contributed by atoms with Gasteiger partial charge in [0.2, 0.25) is 11.8 Å². The molecule has 6 heteroatoms. The maximum Gasteiger partial charge on any atom is 0.242 e. The van der Waals surface area contributed by atoms with Crippen molar-refractivity contribution >= 4 is 23.6 Å². The molecule has 0 unspecified atom stereocenters.